The molecule has 0 spiro atoms. The summed E-state index contributed by atoms with van der Waals surface area (Å²) in [6.45, 7) is 0.137. The van der Waals surface area contributed by atoms with Crippen LogP contribution in [0.2, 0.25) is 0 Å². The van der Waals surface area contributed by atoms with E-state index in [1.54, 1.807) is 4.57 Å². The SMILES string of the molecule is O=S1(=O)CCCC1Cn1cnnc1CO. The predicted molar refractivity (Wildman–Crippen MR) is 52.8 cm³/mol. The second-order valence-electron chi connectivity index (χ2n) is 3.69. The molecule has 7 heteroatoms. The van der Waals surface area contributed by atoms with E-state index in [4.69, 9.17) is 5.11 Å². The Kier molecular flexibility index (Phi) is 2.74. The molecule has 2 rings (SSSR count). The molecule has 0 aromatic carbocycles. The summed E-state index contributed by atoms with van der Waals surface area (Å²) >= 11 is 0. The summed E-state index contributed by atoms with van der Waals surface area (Å²) in [6, 6.07) is 0. The third kappa shape index (κ3) is 2.03. The van der Waals surface area contributed by atoms with Crippen molar-refractivity contribution in [3.05, 3.63) is 12.2 Å². The van der Waals surface area contributed by atoms with E-state index >= 15 is 0 Å². The highest BCUT2D eigenvalue weighted by molar-refractivity contribution is 7.92. The van der Waals surface area contributed by atoms with Crippen molar-refractivity contribution in [2.45, 2.75) is 31.2 Å². The van der Waals surface area contributed by atoms with Gasteiger partial charge in [0.25, 0.3) is 0 Å². The van der Waals surface area contributed by atoms with Crippen LogP contribution in [-0.2, 0) is 23.0 Å². The molecule has 6 nitrogen and oxygen atoms in total. The van der Waals surface area contributed by atoms with Gasteiger partial charge in [0.05, 0.1) is 11.0 Å². The summed E-state index contributed by atoms with van der Waals surface area (Å²) in [7, 11) is -2.95. The molecule has 0 amide bonds. The Bertz CT molecular complexity index is 440. The fourth-order valence-electron chi connectivity index (χ4n) is 1.84. The molecule has 1 aromatic rings. The smallest absolute Gasteiger partial charge is 0.158 e. The van der Waals surface area contributed by atoms with Crippen molar-refractivity contribution in [1.29, 1.82) is 0 Å². The second-order valence-corrected chi connectivity index (χ2v) is 6.09. The highest BCUT2D eigenvalue weighted by Gasteiger charge is 2.31. The van der Waals surface area contributed by atoms with Gasteiger partial charge in [-0.1, -0.05) is 0 Å². The van der Waals surface area contributed by atoms with Gasteiger partial charge in [-0.05, 0) is 12.8 Å². The van der Waals surface area contributed by atoms with Crippen LogP contribution in [0, 0.1) is 0 Å². The van der Waals surface area contributed by atoms with Crippen molar-refractivity contribution < 1.29 is 13.5 Å². The van der Waals surface area contributed by atoms with Gasteiger partial charge < -0.3 is 9.67 Å². The van der Waals surface area contributed by atoms with Gasteiger partial charge in [-0.15, -0.1) is 10.2 Å². The molecule has 1 fully saturated rings. The minimum absolute atomic E-state index is 0.216. The number of aromatic nitrogens is 3. The summed E-state index contributed by atoms with van der Waals surface area (Å²) in [4.78, 5) is 0. The number of aliphatic hydroxyl groups excluding tert-OH is 1. The summed E-state index contributed by atoms with van der Waals surface area (Å²) in [5.41, 5.74) is 0. The molecule has 15 heavy (non-hydrogen) atoms. The Morgan fingerprint density at radius 2 is 2.40 bits per heavy atom. The maximum atomic E-state index is 11.6. The van der Waals surface area contributed by atoms with Crippen LogP contribution >= 0.6 is 0 Å². The zero-order chi connectivity index (χ0) is 10.9. The van der Waals surface area contributed by atoms with Crippen LogP contribution in [0.3, 0.4) is 0 Å². The second kappa shape index (κ2) is 3.90. The van der Waals surface area contributed by atoms with Crippen LogP contribution < -0.4 is 0 Å². The molecule has 1 aliphatic heterocycles. The van der Waals surface area contributed by atoms with E-state index in [-0.39, 0.29) is 17.6 Å². The molecule has 0 bridgehead atoms. The Balaban J connectivity index is 2.16. The topological polar surface area (TPSA) is 85.1 Å². The van der Waals surface area contributed by atoms with Gasteiger partial charge in [-0.25, -0.2) is 8.42 Å². The number of rotatable bonds is 3. The van der Waals surface area contributed by atoms with Crippen LogP contribution in [0.4, 0.5) is 0 Å². The quantitative estimate of drug-likeness (QED) is 0.747. The van der Waals surface area contributed by atoms with E-state index in [1.165, 1.54) is 6.33 Å². The summed E-state index contributed by atoms with van der Waals surface area (Å²) < 4.78 is 24.7. The molecule has 0 aliphatic carbocycles. The van der Waals surface area contributed by atoms with E-state index in [2.05, 4.69) is 10.2 Å². The molecule has 1 N–H and O–H groups in total. The van der Waals surface area contributed by atoms with Crippen molar-refractivity contribution in [2.75, 3.05) is 5.75 Å². The lowest BCUT2D eigenvalue weighted by molar-refractivity contribution is 0.264. The van der Waals surface area contributed by atoms with Crippen LogP contribution in [0.25, 0.3) is 0 Å². The van der Waals surface area contributed by atoms with E-state index in [0.717, 1.165) is 6.42 Å². The average molecular weight is 231 g/mol. The monoisotopic (exact) mass is 231 g/mol. The van der Waals surface area contributed by atoms with Crippen LogP contribution in [-0.4, -0.2) is 39.3 Å². The molecule has 0 saturated carbocycles. The van der Waals surface area contributed by atoms with Crippen LogP contribution in [0.15, 0.2) is 6.33 Å². The largest absolute Gasteiger partial charge is 0.388 e. The van der Waals surface area contributed by atoms with Gasteiger partial charge in [-0.2, -0.15) is 0 Å². The molecular formula is C8H13N3O3S. The Labute approximate surface area is 87.9 Å². The molecule has 1 saturated heterocycles. The minimum Gasteiger partial charge on any atom is -0.388 e. The van der Waals surface area contributed by atoms with Gasteiger partial charge in [-0.3, -0.25) is 0 Å². The number of hydrogen-bond acceptors (Lipinski definition) is 5. The Morgan fingerprint density at radius 1 is 1.60 bits per heavy atom. The van der Waals surface area contributed by atoms with Gasteiger partial charge in [0.1, 0.15) is 12.9 Å². The minimum atomic E-state index is -2.95. The van der Waals surface area contributed by atoms with Crippen molar-refractivity contribution in [1.82, 2.24) is 14.8 Å². The fourth-order valence-corrected chi connectivity index (χ4v) is 3.65. The van der Waals surface area contributed by atoms with E-state index in [9.17, 15) is 8.42 Å². The molecule has 84 valence electrons. The standard InChI is InChI=1S/C8H13N3O3S/c12-5-8-10-9-6-11(8)4-7-2-1-3-15(7,13)14/h6-7,12H,1-5H2. The number of nitrogens with zero attached hydrogens (tertiary/aromatic N) is 3. The molecule has 1 unspecified atom stereocenters. The number of aliphatic hydroxyl groups is 1. The van der Waals surface area contributed by atoms with Crippen molar-refractivity contribution in [3.8, 4) is 0 Å². The highest BCUT2D eigenvalue weighted by atomic mass is 32.2. The summed E-state index contributed by atoms with van der Waals surface area (Å²) in [5.74, 6) is 0.686. The van der Waals surface area contributed by atoms with Crippen molar-refractivity contribution >= 4 is 9.84 Å². The first-order valence-corrected chi connectivity index (χ1v) is 6.54. The maximum Gasteiger partial charge on any atom is 0.158 e. The normalized spacial score (nSPS) is 24.5. The summed E-state index contributed by atoms with van der Waals surface area (Å²) in [6.07, 6.45) is 2.87. The summed E-state index contributed by atoms with van der Waals surface area (Å²) in [5, 5.41) is 15.9. The molecule has 2 heterocycles. The lowest BCUT2D eigenvalue weighted by Gasteiger charge is -2.10. The lowest BCUT2D eigenvalue weighted by atomic mass is 10.2. The first kappa shape index (κ1) is 10.6. The van der Waals surface area contributed by atoms with Gasteiger partial charge in [0.2, 0.25) is 0 Å². The molecule has 1 aromatic heterocycles. The molecule has 1 atom stereocenters. The average Bonchev–Trinajstić information content (AvgIpc) is 2.74. The third-order valence-corrected chi connectivity index (χ3v) is 4.96. The third-order valence-electron chi connectivity index (χ3n) is 2.70. The van der Waals surface area contributed by atoms with Crippen molar-refractivity contribution in [2.24, 2.45) is 0 Å². The van der Waals surface area contributed by atoms with Gasteiger partial charge >= 0.3 is 0 Å². The Morgan fingerprint density at radius 3 is 3.00 bits per heavy atom. The van der Waals surface area contributed by atoms with Crippen LogP contribution in [0.1, 0.15) is 18.7 Å². The zero-order valence-corrected chi connectivity index (χ0v) is 9.02. The number of sulfone groups is 1. The zero-order valence-electron chi connectivity index (χ0n) is 8.20. The molecule has 1 aliphatic rings. The van der Waals surface area contributed by atoms with E-state index in [0.29, 0.717) is 18.8 Å². The van der Waals surface area contributed by atoms with Gasteiger partial charge in [0, 0.05) is 6.54 Å². The maximum absolute atomic E-state index is 11.6. The van der Waals surface area contributed by atoms with E-state index in [1.807, 2.05) is 0 Å². The van der Waals surface area contributed by atoms with Crippen molar-refractivity contribution in [3.63, 3.8) is 0 Å². The highest BCUT2D eigenvalue weighted by Crippen LogP contribution is 2.21. The first-order valence-electron chi connectivity index (χ1n) is 4.82. The number of hydrogen-bond donors (Lipinski definition) is 1. The molecular weight excluding hydrogens is 218 g/mol. The first-order chi connectivity index (χ1) is 7.13. The lowest BCUT2D eigenvalue weighted by Crippen LogP contribution is -2.23. The fraction of sp³-hybridized carbons (Fsp3) is 0.750. The van der Waals surface area contributed by atoms with E-state index < -0.39 is 9.84 Å². The van der Waals surface area contributed by atoms with Gasteiger partial charge in [0.15, 0.2) is 15.7 Å². The Hall–Kier alpha value is -0.950. The molecule has 0 radical (unpaired) electrons. The predicted octanol–water partition coefficient (Wildman–Crippen LogP) is -0.652. The van der Waals surface area contributed by atoms with Crippen LogP contribution in [0.5, 0.6) is 0 Å².